The van der Waals surface area contributed by atoms with Crippen LogP contribution in [0.3, 0.4) is 0 Å². The zero-order valence-corrected chi connectivity index (χ0v) is 6.88. The molecule has 1 aromatic rings. The van der Waals surface area contributed by atoms with E-state index in [4.69, 9.17) is 0 Å². The number of carbonyl (C=O) groups is 1. The summed E-state index contributed by atoms with van der Waals surface area (Å²) in [5, 5.41) is 0. The fraction of sp³-hybridized carbons (Fsp3) is 0.250. The van der Waals surface area contributed by atoms with E-state index in [1.165, 1.54) is 7.11 Å². The molecule has 70 valence electrons. The molecule has 0 aliphatic rings. The van der Waals surface area contributed by atoms with Crippen molar-refractivity contribution in [2.75, 3.05) is 7.11 Å². The molecule has 1 aromatic heterocycles. The molecule has 0 atom stereocenters. The minimum Gasteiger partial charge on any atom is -0.469 e. The fourth-order valence-electron chi connectivity index (χ4n) is 0.770. The number of hydrogen-bond donors (Lipinski definition) is 0. The normalized spacial score (nSPS) is 9.77. The van der Waals surface area contributed by atoms with Crippen LogP contribution in [0.5, 0.6) is 0 Å². The number of ether oxygens (including phenoxy) is 1. The van der Waals surface area contributed by atoms with E-state index < -0.39 is 17.6 Å². The maximum absolute atomic E-state index is 12.6. The van der Waals surface area contributed by atoms with Gasteiger partial charge in [-0.1, -0.05) is 0 Å². The summed E-state index contributed by atoms with van der Waals surface area (Å²) in [4.78, 5) is 14.2. The van der Waals surface area contributed by atoms with Crippen LogP contribution in [-0.2, 0) is 16.0 Å². The van der Waals surface area contributed by atoms with Crippen molar-refractivity contribution in [1.29, 1.82) is 0 Å². The average Bonchev–Trinajstić information content (AvgIpc) is 2.11. The summed E-state index contributed by atoms with van der Waals surface area (Å²) < 4.78 is 29.3. The molecule has 5 heteroatoms. The first-order chi connectivity index (χ1) is 6.13. The lowest BCUT2D eigenvalue weighted by atomic mass is 10.2. The molecular weight excluding hydrogens is 180 g/mol. The van der Waals surface area contributed by atoms with Gasteiger partial charge in [-0.05, 0) is 6.07 Å². The molecule has 0 spiro atoms. The summed E-state index contributed by atoms with van der Waals surface area (Å²) in [7, 11) is 1.21. The molecule has 0 aliphatic heterocycles. The Labute approximate surface area is 73.4 Å². The molecule has 0 unspecified atom stereocenters. The van der Waals surface area contributed by atoms with E-state index in [9.17, 15) is 13.6 Å². The van der Waals surface area contributed by atoms with Gasteiger partial charge in [-0.3, -0.25) is 9.78 Å². The third-order valence-electron chi connectivity index (χ3n) is 1.42. The Morgan fingerprint density at radius 3 is 2.77 bits per heavy atom. The monoisotopic (exact) mass is 187 g/mol. The second kappa shape index (κ2) is 3.93. The number of esters is 1. The van der Waals surface area contributed by atoms with Gasteiger partial charge < -0.3 is 4.74 Å². The summed E-state index contributed by atoms with van der Waals surface area (Å²) in [5.41, 5.74) is 0.144. The van der Waals surface area contributed by atoms with Crippen molar-refractivity contribution in [2.45, 2.75) is 6.42 Å². The predicted octanol–water partition coefficient (Wildman–Crippen LogP) is 1.08. The number of pyridine rings is 1. The minimum atomic E-state index is -1.03. The van der Waals surface area contributed by atoms with Gasteiger partial charge in [0.1, 0.15) is 0 Å². The predicted molar refractivity (Wildman–Crippen MR) is 39.9 cm³/mol. The van der Waals surface area contributed by atoms with Gasteiger partial charge in [-0.15, -0.1) is 0 Å². The van der Waals surface area contributed by atoms with Crippen molar-refractivity contribution in [3.8, 4) is 0 Å². The van der Waals surface area contributed by atoms with Gasteiger partial charge in [-0.25, -0.2) is 8.78 Å². The first-order valence-corrected chi connectivity index (χ1v) is 3.50. The van der Waals surface area contributed by atoms with Gasteiger partial charge in [0.25, 0.3) is 0 Å². The van der Waals surface area contributed by atoms with Crippen LogP contribution in [0.1, 0.15) is 5.69 Å². The summed E-state index contributed by atoms with van der Waals surface area (Å²) >= 11 is 0. The molecule has 13 heavy (non-hydrogen) atoms. The van der Waals surface area contributed by atoms with Gasteiger partial charge in [0.2, 0.25) is 0 Å². The summed E-state index contributed by atoms with van der Waals surface area (Å²) in [5.74, 6) is -2.60. The highest BCUT2D eigenvalue weighted by molar-refractivity contribution is 5.71. The van der Waals surface area contributed by atoms with Gasteiger partial charge in [0, 0.05) is 0 Å². The first kappa shape index (κ1) is 9.57. The second-order valence-corrected chi connectivity index (χ2v) is 2.34. The SMILES string of the molecule is COC(=O)Cc1cc(F)c(F)cn1. The standard InChI is InChI=1S/C8H7F2NO2/c1-13-8(12)3-5-2-6(9)7(10)4-11-5/h2,4H,3H2,1H3. The topological polar surface area (TPSA) is 39.2 Å². The Balaban J connectivity index is 2.79. The number of nitrogens with zero attached hydrogens (tertiary/aromatic N) is 1. The third-order valence-corrected chi connectivity index (χ3v) is 1.42. The van der Waals surface area contributed by atoms with Crippen LogP contribution in [0.2, 0.25) is 0 Å². The molecule has 0 radical (unpaired) electrons. The molecule has 0 amide bonds. The van der Waals surface area contributed by atoms with E-state index in [1.54, 1.807) is 0 Å². The molecule has 0 aliphatic carbocycles. The Kier molecular flexibility index (Phi) is 2.89. The van der Waals surface area contributed by atoms with Crippen LogP contribution >= 0.6 is 0 Å². The van der Waals surface area contributed by atoms with Crippen LogP contribution in [-0.4, -0.2) is 18.1 Å². The Bertz CT molecular complexity index is 328. The maximum Gasteiger partial charge on any atom is 0.311 e. The number of rotatable bonds is 2. The van der Waals surface area contributed by atoms with Gasteiger partial charge in [0.05, 0.1) is 25.4 Å². The Morgan fingerprint density at radius 1 is 1.54 bits per heavy atom. The molecule has 3 nitrogen and oxygen atoms in total. The van der Waals surface area contributed by atoms with Crippen LogP contribution in [0.15, 0.2) is 12.3 Å². The van der Waals surface area contributed by atoms with Gasteiger partial charge >= 0.3 is 5.97 Å². The van der Waals surface area contributed by atoms with Crippen molar-refractivity contribution in [2.24, 2.45) is 0 Å². The van der Waals surface area contributed by atoms with E-state index in [0.717, 1.165) is 12.3 Å². The highest BCUT2D eigenvalue weighted by Gasteiger charge is 2.07. The van der Waals surface area contributed by atoms with E-state index in [0.29, 0.717) is 0 Å². The molecule has 0 N–H and O–H groups in total. The fourth-order valence-corrected chi connectivity index (χ4v) is 0.770. The molecule has 1 rings (SSSR count). The Hall–Kier alpha value is -1.52. The van der Waals surface area contributed by atoms with Gasteiger partial charge in [0.15, 0.2) is 11.6 Å². The molecule has 1 heterocycles. The molecular formula is C8H7F2NO2. The lowest BCUT2D eigenvalue weighted by molar-refractivity contribution is -0.139. The van der Waals surface area contributed by atoms with Crippen LogP contribution < -0.4 is 0 Å². The summed E-state index contributed by atoms with van der Waals surface area (Å²) in [6, 6.07) is 0.867. The number of methoxy groups -OCH3 is 1. The van der Waals surface area contributed by atoms with E-state index in [2.05, 4.69) is 9.72 Å². The van der Waals surface area contributed by atoms with Crippen LogP contribution in [0.25, 0.3) is 0 Å². The lowest BCUT2D eigenvalue weighted by Gasteiger charge is -1.99. The summed E-state index contributed by atoms with van der Waals surface area (Å²) in [6.45, 7) is 0. The maximum atomic E-state index is 12.6. The Morgan fingerprint density at radius 2 is 2.23 bits per heavy atom. The molecule has 0 bridgehead atoms. The van der Waals surface area contributed by atoms with E-state index in [-0.39, 0.29) is 12.1 Å². The summed E-state index contributed by atoms with van der Waals surface area (Å²) in [6.07, 6.45) is 0.571. The number of aromatic nitrogens is 1. The van der Waals surface area contributed by atoms with Crippen molar-refractivity contribution in [3.05, 3.63) is 29.6 Å². The molecule has 0 fully saturated rings. The highest BCUT2D eigenvalue weighted by Crippen LogP contribution is 2.06. The quantitative estimate of drug-likeness (QED) is 0.650. The van der Waals surface area contributed by atoms with Crippen molar-refractivity contribution >= 4 is 5.97 Å². The molecule has 0 aromatic carbocycles. The largest absolute Gasteiger partial charge is 0.469 e. The third kappa shape index (κ3) is 2.47. The average molecular weight is 187 g/mol. The molecule has 0 saturated carbocycles. The number of carbonyl (C=O) groups excluding carboxylic acids is 1. The smallest absolute Gasteiger partial charge is 0.311 e. The highest BCUT2D eigenvalue weighted by atomic mass is 19.2. The van der Waals surface area contributed by atoms with Crippen LogP contribution in [0.4, 0.5) is 8.78 Å². The van der Waals surface area contributed by atoms with Crippen LogP contribution in [0, 0.1) is 11.6 Å². The van der Waals surface area contributed by atoms with E-state index in [1.807, 2.05) is 0 Å². The van der Waals surface area contributed by atoms with Gasteiger partial charge in [-0.2, -0.15) is 0 Å². The number of hydrogen-bond acceptors (Lipinski definition) is 3. The van der Waals surface area contributed by atoms with E-state index >= 15 is 0 Å². The molecule has 0 saturated heterocycles. The minimum absolute atomic E-state index is 0.144. The lowest BCUT2D eigenvalue weighted by Crippen LogP contribution is -2.06. The van der Waals surface area contributed by atoms with Crippen molar-refractivity contribution < 1.29 is 18.3 Å². The van der Waals surface area contributed by atoms with Crippen molar-refractivity contribution in [1.82, 2.24) is 4.98 Å². The first-order valence-electron chi connectivity index (χ1n) is 3.50. The zero-order chi connectivity index (χ0) is 9.84. The second-order valence-electron chi connectivity index (χ2n) is 2.34. The number of halogens is 2. The van der Waals surface area contributed by atoms with Crippen molar-refractivity contribution in [3.63, 3.8) is 0 Å². The zero-order valence-electron chi connectivity index (χ0n) is 6.88.